The van der Waals surface area contributed by atoms with Crippen LogP contribution in [0.4, 0.5) is 10.8 Å². The van der Waals surface area contributed by atoms with Crippen LogP contribution in [0.3, 0.4) is 0 Å². The van der Waals surface area contributed by atoms with Crippen LogP contribution in [-0.4, -0.2) is 41.2 Å². The molecule has 0 aliphatic carbocycles. The van der Waals surface area contributed by atoms with Gasteiger partial charge in [0.1, 0.15) is 6.20 Å². The number of amidine groups is 1. The highest BCUT2D eigenvalue weighted by Crippen LogP contribution is 2.32. The number of urea groups is 1. The number of amides is 3. The molecule has 2 aliphatic rings. The molecule has 7 nitrogen and oxygen atoms in total. The second-order valence-electron chi connectivity index (χ2n) is 8.15. The summed E-state index contributed by atoms with van der Waals surface area (Å²) < 4.78 is 7.60. The van der Waals surface area contributed by atoms with E-state index in [1.54, 1.807) is 11.6 Å². The fourth-order valence-corrected chi connectivity index (χ4v) is 3.34. The molecule has 2 aliphatic heterocycles. The van der Waals surface area contributed by atoms with Gasteiger partial charge in [-0.2, -0.15) is 4.57 Å². The van der Waals surface area contributed by atoms with Crippen LogP contribution >= 0.6 is 0 Å². The molecule has 1 aromatic rings. The summed E-state index contributed by atoms with van der Waals surface area (Å²) >= 11 is 0. The molecule has 1 aromatic heterocycles. The van der Waals surface area contributed by atoms with Gasteiger partial charge in [0, 0.05) is 24.0 Å². The van der Waals surface area contributed by atoms with Gasteiger partial charge in [-0.1, -0.05) is 53.4 Å². The Hall–Kier alpha value is -2.18. The lowest BCUT2D eigenvalue weighted by Crippen LogP contribution is -2.62. The van der Waals surface area contributed by atoms with Crippen molar-refractivity contribution in [3.05, 3.63) is 12.0 Å². The number of hydrogen-bond donors (Lipinski definition) is 0. The number of carbonyl (C=O) groups excluding carboxylic acids is 2. The third kappa shape index (κ3) is 3.15. The number of unbranched alkanes of at least 4 members (excludes halogenated alkanes) is 4. The van der Waals surface area contributed by atoms with Crippen molar-refractivity contribution in [2.75, 3.05) is 13.6 Å². The normalized spacial score (nSPS) is 19.7. The van der Waals surface area contributed by atoms with Crippen LogP contribution in [0.5, 0.6) is 0 Å². The van der Waals surface area contributed by atoms with E-state index in [9.17, 15) is 9.59 Å². The van der Waals surface area contributed by atoms with Crippen molar-refractivity contribution < 1.29 is 18.6 Å². The summed E-state index contributed by atoms with van der Waals surface area (Å²) in [5.41, 5.74) is -0.175. The van der Waals surface area contributed by atoms with Gasteiger partial charge >= 0.3 is 12.0 Å². The lowest BCUT2D eigenvalue weighted by Gasteiger charge is -2.32. The van der Waals surface area contributed by atoms with Gasteiger partial charge in [0.05, 0.1) is 0 Å². The number of oxazole rings is 1. The molecule has 0 bridgehead atoms. The van der Waals surface area contributed by atoms with E-state index in [2.05, 4.69) is 11.9 Å². The molecule has 0 aromatic carbocycles. The van der Waals surface area contributed by atoms with E-state index in [1.165, 1.54) is 22.6 Å². The Labute approximate surface area is 154 Å². The van der Waals surface area contributed by atoms with Gasteiger partial charge < -0.3 is 4.42 Å². The van der Waals surface area contributed by atoms with E-state index in [0.717, 1.165) is 25.0 Å². The molecule has 1 fully saturated rings. The second kappa shape index (κ2) is 6.85. The number of imide groups is 1. The van der Waals surface area contributed by atoms with E-state index < -0.39 is 6.04 Å². The average molecular weight is 361 g/mol. The van der Waals surface area contributed by atoms with E-state index in [1.807, 2.05) is 27.0 Å². The summed E-state index contributed by atoms with van der Waals surface area (Å²) in [6.07, 6.45) is 7.19. The molecule has 26 heavy (non-hydrogen) atoms. The lowest BCUT2D eigenvalue weighted by molar-refractivity contribution is -0.679. The maximum absolute atomic E-state index is 13.0. The summed E-state index contributed by atoms with van der Waals surface area (Å²) in [4.78, 5) is 32.9. The van der Waals surface area contributed by atoms with Crippen LogP contribution in [0.15, 0.2) is 15.6 Å². The van der Waals surface area contributed by atoms with Crippen molar-refractivity contribution in [1.82, 2.24) is 9.80 Å². The highest BCUT2D eigenvalue weighted by molar-refractivity contribution is 6.18. The second-order valence-corrected chi connectivity index (χ2v) is 8.15. The highest BCUT2D eigenvalue weighted by Gasteiger charge is 2.55. The Kier molecular flexibility index (Phi) is 4.90. The van der Waals surface area contributed by atoms with E-state index >= 15 is 0 Å². The third-order valence-corrected chi connectivity index (χ3v) is 5.00. The Bertz CT molecular complexity index is 744. The van der Waals surface area contributed by atoms with Gasteiger partial charge in [0.2, 0.25) is 0 Å². The fraction of sp³-hybridized carbons (Fsp3) is 0.684. The van der Waals surface area contributed by atoms with Crippen molar-refractivity contribution in [2.24, 2.45) is 4.99 Å². The number of fused-ring (bicyclic) bond motifs is 3. The molecule has 3 amide bonds. The largest absolute Gasteiger partial charge is 0.506 e. The molecule has 1 saturated heterocycles. The predicted octanol–water partition coefficient (Wildman–Crippen LogP) is 3.31. The first-order valence-electron chi connectivity index (χ1n) is 9.48. The van der Waals surface area contributed by atoms with Crippen molar-refractivity contribution >= 4 is 23.8 Å². The van der Waals surface area contributed by atoms with E-state index in [-0.39, 0.29) is 17.4 Å². The molecule has 3 rings (SSSR count). The Morgan fingerprint density at radius 2 is 1.88 bits per heavy atom. The first kappa shape index (κ1) is 18.6. The van der Waals surface area contributed by atoms with Gasteiger partial charge in [-0.15, -0.1) is 0 Å². The number of likely N-dealkylation sites (N-methyl/N-ethyl adjacent to an activating group) is 1. The van der Waals surface area contributed by atoms with E-state index in [0.29, 0.717) is 18.4 Å². The van der Waals surface area contributed by atoms with Gasteiger partial charge in [0.15, 0.2) is 5.76 Å². The lowest BCUT2D eigenvalue weighted by atomic mass is 9.94. The zero-order chi connectivity index (χ0) is 19.1. The summed E-state index contributed by atoms with van der Waals surface area (Å²) in [6, 6.07) is -0.529. The van der Waals surface area contributed by atoms with Crippen LogP contribution < -0.4 is 4.57 Å². The van der Waals surface area contributed by atoms with Crippen molar-refractivity contribution in [1.29, 1.82) is 0 Å². The number of aliphatic imine (C=N–C) groups is 1. The van der Waals surface area contributed by atoms with Crippen molar-refractivity contribution in [2.45, 2.75) is 71.3 Å². The molecule has 0 spiro atoms. The van der Waals surface area contributed by atoms with Crippen molar-refractivity contribution in [3.63, 3.8) is 0 Å². The van der Waals surface area contributed by atoms with Crippen LogP contribution in [0.1, 0.15) is 71.6 Å². The SMILES string of the molecule is CCCCCCCN1C(=O)C2C(=Nc3oc(C(C)(C)C)c[n+]32)N(C)C1=O. The maximum Gasteiger partial charge on any atom is 0.506 e. The Balaban J connectivity index is 1.81. The molecule has 0 saturated carbocycles. The van der Waals surface area contributed by atoms with Gasteiger partial charge in [0.25, 0.3) is 17.8 Å². The Morgan fingerprint density at radius 3 is 2.54 bits per heavy atom. The predicted molar refractivity (Wildman–Crippen MR) is 97.4 cm³/mol. The molecule has 142 valence electrons. The molecule has 7 heteroatoms. The number of nitrogens with zero attached hydrogens (tertiary/aromatic N) is 4. The van der Waals surface area contributed by atoms with Gasteiger partial charge in [-0.05, 0) is 6.42 Å². The summed E-state index contributed by atoms with van der Waals surface area (Å²) in [5.74, 6) is 1.00. The third-order valence-electron chi connectivity index (χ3n) is 5.00. The summed E-state index contributed by atoms with van der Waals surface area (Å²) in [5, 5.41) is 0. The molecular weight excluding hydrogens is 332 g/mol. The first-order chi connectivity index (χ1) is 12.3. The van der Waals surface area contributed by atoms with Crippen LogP contribution in [0.25, 0.3) is 0 Å². The van der Waals surface area contributed by atoms with E-state index in [4.69, 9.17) is 4.42 Å². The molecule has 3 heterocycles. The number of aromatic nitrogens is 1. The smallest absolute Gasteiger partial charge is 0.389 e. The van der Waals surface area contributed by atoms with Crippen LogP contribution in [0.2, 0.25) is 0 Å². The van der Waals surface area contributed by atoms with Crippen LogP contribution in [-0.2, 0) is 10.2 Å². The number of hydrogen-bond acceptors (Lipinski definition) is 4. The summed E-state index contributed by atoms with van der Waals surface area (Å²) in [6.45, 7) is 8.77. The maximum atomic E-state index is 13.0. The minimum Gasteiger partial charge on any atom is -0.389 e. The molecule has 0 radical (unpaired) electrons. The minimum atomic E-state index is -0.608. The average Bonchev–Trinajstić information content (AvgIpc) is 3.13. The number of carbonyl (C=O) groups is 2. The quantitative estimate of drug-likeness (QED) is 0.576. The van der Waals surface area contributed by atoms with Gasteiger partial charge in [-0.25, -0.2) is 4.79 Å². The molecule has 0 N–H and O–H groups in total. The van der Waals surface area contributed by atoms with Gasteiger partial charge in [-0.3, -0.25) is 14.6 Å². The topological polar surface area (TPSA) is 70.0 Å². The monoisotopic (exact) mass is 361 g/mol. The first-order valence-corrected chi connectivity index (χ1v) is 9.48. The molecular formula is C19H29N4O3+. The standard InChI is InChI=1S/C19H29N4O3/c1-6-7-8-9-10-11-22-16(24)14-15(21(5)18(22)25)20-17-23(14)12-13(26-17)19(2,3)4/h12,14H,6-11H2,1-5H3/q+1. The zero-order valence-electron chi connectivity index (χ0n) is 16.4. The number of rotatable bonds is 6. The zero-order valence-corrected chi connectivity index (χ0v) is 16.4. The Morgan fingerprint density at radius 1 is 1.19 bits per heavy atom. The van der Waals surface area contributed by atoms with Crippen LogP contribution in [0, 0.1) is 0 Å². The summed E-state index contributed by atoms with van der Waals surface area (Å²) in [7, 11) is 1.67. The minimum absolute atomic E-state index is 0.175. The molecule has 1 atom stereocenters. The molecule has 1 unspecified atom stereocenters. The fourth-order valence-electron chi connectivity index (χ4n) is 3.34. The highest BCUT2D eigenvalue weighted by atomic mass is 16.4. The van der Waals surface area contributed by atoms with Crippen molar-refractivity contribution in [3.8, 4) is 0 Å².